The maximum Gasteiger partial charge on any atom is 0.160 e. The van der Waals surface area contributed by atoms with Gasteiger partial charge in [0.05, 0.1) is 13.2 Å². The van der Waals surface area contributed by atoms with Crippen LogP contribution in [0.1, 0.15) is 48.0 Å². The summed E-state index contributed by atoms with van der Waals surface area (Å²) in [4.78, 5) is 9.62. The molecular formula is C21H25N3O. The normalized spacial score (nSPS) is 11.9. The summed E-state index contributed by atoms with van der Waals surface area (Å²) in [6.07, 6.45) is 3.66. The van der Waals surface area contributed by atoms with Crippen LogP contribution in [0.3, 0.4) is 0 Å². The topological polar surface area (TPSA) is 50.9 Å². The number of imidazole rings is 1. The van der Waals surface area contributed by atoms with Gasteiger partial charge in [-0.05, 0) is 36.6 Å². The van der Waals surface area contributed by atoms with E-state index in [0.717, 1.165) is 34.8 Å². The SMILES string of the molecule is Cc1cc(C)c2nc(C(C)C)n(Cc3ccc(/C=C/CO)cc3)c2n1. The van der Waals surface area contributed by atoms with Gasteiger partial charge in [-0.25, -0.2) is 9.97 Å². The minimum Gasteiger partial charge on any atom is -0.392 e. The second-order valence-electron chi connectivity index (χ2n) is 6.79. The van der Waals surface area contributed by atoms with E-state index in [1.807, 2.05) is 13.0 Å². The molecule has 0 aliphatic rings. The van der Waals surface area contributed by atoms with Crippen LogP contribution in [-0.4, -0.2) is 26.2 Å². The predicted octanol–water partition coefficient (Wildman–Crippen LogP) is 4.23. The van der Waals surface area contributed by atoms with Crippen molar-refractivity contribution in [2.24, 2.45) is 0 Å². The summed E-state index contributed by atoms with van der Waals surface area (Å²) in [6, 6.07) is 10.5. The number of hydrogen-bond donors (Lipinski definition) is 1. The lowest BCUT2D eigenvalue weighted by Gasteiger charge is -2.11. The first-order valence-corrected chi connectivity index (χ1v) is 8.70. The molecule has 130 valence electrons. The van der Waals surface area contributed by atoms with Gasteiger partial charge in [-0.2, -0.15) is 0 Å². The van der Waals surface area contributed by atoms with Gasteiger partial charge in [0.2, 0.25) is 0 Å². The Morgan fingerprint density at radius 3 is 2.48 bits per heavy atom. The van der Waals surface area contributed by atoms with Crippen LogP contribution in [0.5, 0.6) is 0 Å². The Morgan fingerprint density at radius 1 is 1.12 bits per heavy atom. The molecule has 0 amide bonds. The molecule has 0 unspecified atom stereocenters. The third-order valence-electron chi connectivity index (χ3n) is 4.30. The number of rotatable bonds is 5. The molecule has 2 heterocycles. The molecule has 0 saturated heterocycles. The summed E-state index contributed by atoms with van der Waals surface area (Å²) in [7, 11) is 0. The Morgan fingerprint density at radius 2 is 1.84 bits per heavy atom. The van der Waals surface area contributed by atoms with Crippen LogP contribution < -0.4 is 0 Å². The fourth-order valence-corrected chi connectivity index (χ4v) is 3.12. The van der Waals surface area contributed by atoms with Gasteiger partial charge >= 0.3 is 0 Å². The maximum absolute atomic E-state index is 8.88. The molecule has 0 aliphatic heterocycles. The van der Waals surface area contributed by atoms with Crippen molar-refractivity contribution in [2.75, 3.05) is 6.61 Å². The van der Waals surface area contributed by atoms with E-state index in [9.17, 15) is 0 Å². The van der Waals surface area contributed by atoms with Gasteiger partial charge in [0.15, 0.2) is 5.65 Å². The van der Waals surface area contributed by atoms with E-state index in [1.165, 1.54) is 11.1 Å². The fraction of sp³-hybridized carbons (Fsp3) is 0.333. The highest BCUT2D eigenvalue weighted by atomic mass is 16.2. The number of fused-ring (bicyclic) bond motifs is 1. The van der Waals surface area contributed by atoms with Crippen LogP contribution in [0, 0.1) is 13.8 Å². The largest absolute Gasteiger partial charge is 0.392 e. The van der Waals surface area contributed by atoms with E-state index in [2.05, 4.69) is 55.7 Å². The molecule has 3 rings (SSSR count). The maximum atomic E-state index is 8.88. The van der Waals surface area contributed by atoms with E-state index < -0.39 is 0 Å². The van der Waals surface area contributed by atoms with Crippen LogP contribution in [-0.2, 0) is 6.54 Å². The smallest absolute Gasteiger partial charge is 0.160 e. The molecule has 3 aromatic rings. The van der Waals surface area contributed by atoms with Crippen molar-refractivity contribution in [3.63, 3.8) is 0 Å². The molecule has 0 atom stereocenters. The van der Waals surface area contributed by atoms with E-state index in [4.69, 9.17) is 15.1 Å². The summed E-state index contributed by atoms with van der Waals surface area (Å²) < 4.78 is 2.23. The molecule has 25 heavy (non-hydrogen) atoms. The molecule has 0 aliphatic carbocycles. The van der Waals surface area contributed by atoms with E-state index in [-0.39, 0.29) is 6.61 Å². The number of hydrogen-bond acceptors (Lipinski definition) is 3. The summed E-state index contributed by atoms with van der Waals surface area (Å²) >= 11 is 0. The molecule has 4 heteroatoms. The Bertz CT molecular complexity index is 905. The average Bonchev–Trinajstić information content (AvgIpc) is 2.93. The lowest BCUT2D eigenvalue weighted by atomic mass is 10.1. The van der Waals surface area contributed by atoms with Crippen molar-refractivity contribution in [3.8, 4) is 0 Å². The molecule has 0 fully saturated rings. The van der Waals surface area contributed by atoms with Crippen molar-refractivity contribution >= 4 is 17.2 Å². The minimum atomic E-state index is 0.0604. The number of aliphatic hydroxyl groups excluding tert-OH is 1. The predicted molar refractivity (Wildman–Crippen MR) is 103 cm³/mol. The van der Waals surface area contributed by atoms with Gasteiger partial charge in [0, 0.05) is 11.6 Å². The summed E-state index contributed by atoms with van der Waals surface area (Å²) in [5.41, 5.74) is 6.45. The van der Waals surface area contributed by atoms with Gasteiger partial charge in [0.25, 0.3) is 0 Å². The third kappa shape index (κ3) is 3.64. The number of nitrogens with zero attached hydrogens (tertiary/aromatic N) is 3. The zero-order chi connectivity index (χ0) is 18.0. The lowest BCUT2D eigenvalue weighted by molar-refractivity contribution is 0.343. The molecule has 2 aromatic heterocycles. The van der Waals surface area contributed by atoms with Crippen LogP contribution in [0.2, 0.25) is 0 Å². The van der Waals surface area contributed by atoms with Crippen molar-refractivity contribution in [2.45, 2.75) is 40.2 Å². The van der Waals surface area contributed by atoms with Crippen molar-refractivity contribution in [1.82, 2.24) is 14.5 Å². The quantitative estimate of drug-likeness (QED) is 0.759. The molecule has 0 radical (unpaired) electrons. The first-order valence-electron chi connectivity index (χ1n) is 8.70. The highest BCUT2D eigenvalue weighted by Gasteiger charge is 2.17. The molecule has 0 saturated carbocycles. The average molecular weight is 335 g/mol. The van der Waals surface area contributed by atoms with Crippen LogP contribution in [0.25, 0.3) is 17.2 Å². The molecule has 1 N–H and O–H groups in total. The number of benzene rings is 1. The number of aliphatic hydroxyl groups is 1. The first-order chi connectivity index (χ1) is 12.0. The van der Waals surface area contributed by atoms with Crippen molar-refractivity contribution in [3.05, 3.63) is 64.6 Å². The second-order valence-corrected chi connectivity index (χ2v) is 6.79. The Labute approximate surface area is 148 Å². The molecule has 0 bridgehead atoms. The summed E-state index contributed by atoms with van der Waals surface area (Å²) in [5, 5.41) is 8.88. The van der Waals surface area contributed by atoms with Crippen molar-refractivity contribution in [1.29, 1.82) is 0 Å². The fourth-order valence-electron chi connectivity index (χ4n) is 3.12. The van der Waals surface area contributed by atoms with Crippen LogP contribution in [0.15, 0.2) is 36.4 Å². The van der Waals surface area contributed by atoms with Crippen LogP contribution >= 0.6 is 0 Å². The van der Waals surface area contributed by atoms with Gasteiger partial charge in [-0.1, -0.05) is 50.3 Å². The monoisotopic (exact) mass is 335 g/mol. The lowest BCUT2D eigenvalue weighted by Crippen LogP contribution is -2.07. The molecule has 4 nitrogen and oxygen atoms in total. The Kier molecular flexibility index (Phi) is 5.00. The zero-order valence-electron chi connectivity index (χ0n) is 15.3. The molecular weight excluding hydrogens is 310 g/mol. The highest BCUT2D eigenvalue weighted by molar-refractivity contribution is 5.76. The number of aryl methyl sites for hydroxylation is 2. The Balaban J connectivity index is 2.02. The van der Waals surface area contributed by atoms with Gasteiger partial charge in [-0.15, -0.1) is 0 Å². The van der Waals surface area contributed by atoms with E-state index in [0.29, 0.717) is 5.92 Å². The number of pyridine rings is 1. The van der Waals surface area contributed by atoms with Gasteiger partial charge < -0.3 is 9.67 Å². The summed E-state index contributed by atoms with van der Waals surface area (Å²) in [6.45, 7) is 9.28. The number of aromatic nitrogens is 3. The van der Waals surface area contributed by atoms with Gasteiger partial charge in [0.1, 0.15) is 11.3 Å². The second kappa shape index (κ2) is 7.19. The van der Waals surface area contributed by atoms with Crippen LogP contribution in [0.4, 0.5) is 0 Å². The zero-order valence-corrected chi connectivity index (χ0v) is 15.3. The van der Waals surface area contributed by atoms with E-state index >= 15 is 0 Å². The van der Waals surface area contributed by atoms with E-state index in [1.54, 1.807) is 6.08 Å². The first kappa shape index (κ1) is 17.4. The summed E-state index contributed by atoms with van der Waals surface area (Å²) in [5.74, 6) is 1.40. The third-order valence-corrected chi connectivity index (χ3v) is 4.30. The standard InChI is InChI=1S/C21H25N3O/c1-14(2)20-23-19-15(3)12-16(4)22-21(19)24(20)13-18-9-7-17(8-10-18)6-5-11-25/h5-10,12,14,25H,11,13H2,1-4H3/b6-5+. The minimum absolute atomic E-state index is 0.0604. The van der Waals surface area contributed by atoms with Gasteiger partial charge in [-0.3, -0.25) is 0 Å². The molecule has 0 spiro atoms. The highest BCUT2D eigenvalue weighted by Crippen LogP contribution is 2.24. The molecule has 1 aromatic carbocycles. The Hall–Kier alpha value is -2.46. The van der Waals surface area contributed by atoms with Crippen molar-refractivity contribution < 1.29 is 5.11 Å².